The smallest absolute Gasteiger partial charge is 0.283 e. The maximum atomic E-state index is 13.3. The largest absolute Gasteiger partial charge is 0.497 e. The highest BCUT2D eigenvalue weighted by Crippen LogP contribution is 2.38. The van der Waals surface area contributed by atoms with E-state index in [-0.39, 0.29) is 28.1 Å². The molecule has 36 heavy (non-hydrogen) atoms. The Morgan fingerprint density at radius 1 is 0.917 bits per heavy atom. The molecule has 1 aliphatic heterocycles. The number of carbonyl (C=O) groups excluding carboxylic acids is 3. The van der Waals surface area contributed by atoms with Crippen LogP contribution in [0.25, 0.3) is 0 Å². The highest BCUT2D eigenvalue weighted by Gasteiger charge is 2.40. The lowest BCUT2D eigenvalue weighted by Crippen LogP contribution is -2.32. The standard InChI is InChI=1S/C26H21Cl2N3O5/c1-14-7-8-15(24(32)29-17-6-4-5-16(27)12-17)11-19(14)30-23-22(28)25(33)31(26(23)34)20-10-9-18(35-2)13-21(20)36-3/h4-13,30H,1-3H3,(H,29,32). The zero-order valence-corrected chi connectivity index (χ0v) is 21.0. The summed E-state index contributed by atoms with van der Waals surface area (Å²) in [7, 11) is 2.91. The maximum Gasteiger partial charge on any atom is 0.283 e. The Morgan fingerprint density at radius 2 is 1.69 bits per heavy atom. The first-order chi connectivity index (χ1) is 17.2. The van der Waals surface area contributed by atoms with Crippen molar-refractivity contribution in [2.45, 2.75) is 6.92 Å². The van der Waals surface area contributed by atoms with Gasteiger partial charge < -0.3 is 20.1 Å². The Kier molecular flexibility index (Phi) is 7.19. The van der Waals surface area contributed by atoms with Gasteiger partial charge >= 0.3 is 0 Å². The number of amides is 3. The Morgan fingerprint density at radius 3 is 2.39 bits per heavy atom. The summed E-state index contributed by atoms with van der Waals surface area (Å²) in [6.45, 7) is 1.79. The molecule has 2 N–H and O–H groups in total. The maximum absolute atomic E-state index is 13.3. The van der Waals surface area contributed by atoms with Gasteiger partial charge in [-0.2, -0.15) is 0 Å². The summed E-state index contributed by atoms with van der Waals surface area (Å²) >= 11 is 12.3. The molecule has 1 aliphatic rings. The van der Waals surface area contributed by atoms with E-state index >= 15 is 0 Å². The number of anilines is 3. The highest BCUT2D eigenvalue weighted by molar-refractivity contribution is 6.53. The van der Waals surface area contributed by atoms with Crippen LogP contribution in [0.5, 0.6) is 11.5 Å². The molecular formula is C26H21Cl2N3O5. The molecule has 0 unspecified atom stereocenters. The van der Waals surface area contributed by atoms with Gasteiger partial charge in [0.1, 0.15) is 22.2 Å². The number of hydrogen-bond acceptors (Lipinski definition) is 6. The molecule has 0 radical (unpaired) electrons. The molecule has 0 bridgehead atoms. The average molecular weight is 526 g/mol. The monoisotopic (exact) mass is 525 g/mol. The molecule has 4 rings (SSSR count). The number of benzene rings is 3. The van der Waals surface area contributed by atoms with Gasteiger partial charge in [-0.25, -0.2) is 4.90 Å². The minimum atomic E-state index is -0.708. The Balaban J connectivity index is 1.60. The molecule has 3 aromatic rings. The van der Waals surface area contributed by atoms with Crippen molar-refractivity contribution < 1.29 is 23.9 Å². The van der Waals surface area contributed by atoms with Crippen molar-refractivity contribution in [2.24, 2.45) is 0 Å². The van der Waals surface area contributed by atoms with Crippen LogP contribution in [0.2, 0.25) is 5.02 Å². The number of halogens is 2. The summed E-state index contributed by atoms with van der Waals surface area (Å²) in [6, 6.07) is 16.4. The third-order valence-electron chi connectivity index (χ3n) is 5.50. The van der Waals surface area contributed by atoms with Crippen LogP contribution in [0.4, 0.5) is 17.1 Å². The van der Waals surface area contributed by atoms with E-state index < -0.39 is 11.8 Å². The molecule has 0 aliphatic carbocycles. The van der Waals surface area contributed by atoms with E-state index in [0.717, 1.165) is 10.5 Å². The van der Waals surface area contributed by atoms with Gasteiger partial charge in [0.15, 0.2) is 0 Å². The molecule has 0 atom stereocenters. The second kappa shape index (κ2) is 10.3. The average Bonchev–Trinajstić information content (AvgIpc) is 3.07. The highest BCUT2D eigenvalue weighted by atomic mass is 35.5. The van der Waals surface area contributed by atoms with Crippen LogP contribution in [0.15, 0.2) is 71.4 Å². The molecule has 0 aromatic heterocycles. The first-order valence-electron chi connectivity index (χ1n) is 10.7. The van der Waals surface area contributed by atoms with Gasteiger partial charge in [0.05, 0.1) is 19.9 Å². The summed E-state index contributed by atoms with van der Waals surface area (Å²) in [5.74, 6) is -0.992. The van der Waals surface area contributed by atoms with Crippen LogP contribution in [-0.2, 0) is 9.59 Å². The van der Waals surface area contributed by atoms with Gasteiger partial charge in [0, 0.05) is 28.0 Å². The van der Waals surface area contributed by atoms with Crippen molar-refractivity contribution in [1.29, 1.82) is 0 Å². The number of nitrogens with zero attached hydrogens (tertiary/aromatic N) is 1. The molecule has 184 valence electrons. The first-order valence-corrected chi connectivity index (χ1v) is 11.4. The lowest BCUT2D eigenvalue weighted by molar-refractivity contribution is -0.120. The number of imide groups is 1. The molecule has 10 heteroatoms. The lowest BCUT2D eigenvalue weighted by Gasteiger charge is -2.19. The Labute approximate surface area is 217 Å². The fourth-order valence-electron chi connectivity index (χ4n) is 3.60. The van der Waals surface area contributed by atoms with Crippen molar-refractivity contribution in [1.82, 2.24) is 0 Å². The van der Waals surface area contributed by atoms with E-state index in [1.165, 1.54) is 20.3 Å². The van der Waals surface area contributed by atoms with Crippen LogP contribution in [0.1, 0.15) is 15.9 Å². The number of ether oxygens (including phenoxy) is 2. The summed E-state index contributed by atoms with van der Waals surface area (Å²) in [4.78, 5) is 39.9. The first kappa shape index (κ1) is 25.1. The number of rotatable bonds is 7. The van der Waals surface area contributed by atoms with Crippen molar-refractivity contribution in [3.05, 3.63) is 87.5 Å². The molecule has 1 heterocycles. The Bertz CT molecular complexity index is 1420. The number of aryl methyl sites for hydroxylation is 1. The molecule has 3 amide bonds. The predicted octanol–water partition coefficient (Wildman–Crippen LogP) is 5.35. The topological polar surface area (TPSA) is 97.0 Å². The molecular weight excluding hydrogens is 505 g/mol. The zero-order chi connectivity index (χ0) is 26.0. The van der Waals surface area contributed by atoms with E-state index in [0.29, 0.717) is 27.7 Å². The molecule has 8 nitrogen and oxygen atoms in total. The van der Waals surface area contributed by atoms with Gasteiger partial charge in [0.2, 0.25) is 0 Å². The van der Waals surface area contributed by atoms with E-state index in [1.54, 1.807) is 61.5 Å². The van der Waals surface area contributed by atoms with Crippen LogP contribution >= 0.6 is 23.2 Å². The van der Waals surface area contributed by atoms with Crippen LogP contribution < -0.4 is 25.0 Å². The quantitative estimate of drug-likeness (QED) is 0.403. The molecule has 0 fully saturated rings. The second-order valence-electron chi connectivity index (χ2n) is 7.79. The fraction of sp³-hybridized carbons (Fsp3) is 0.115. The number of hydrogen-bond donors (Lipinski definition) is 2. The third-order valence-corrected chi connectivity index (χ3v) is 6.08. The number of nitrogens with one attached hydrogen (secondary N) is 2. The second-order valence-corrected chi connectivity index (χ2v) is 8.61. The van der Waals surface area contributed by atoms with E-state index in [4.69, 9.17) is 32.7 Å². The SMILES string of the molecule is COc1ccc(N2C(=O)C(Cl)=C(Nc3cc(C(=O)Nc4cccc(Cl)c4)ccc3C)C2=O)c(OC)c1. The fourth-order valence-corrected chi connectivity index (χ4v) is 4.00. The third kappa shape index (κ3) is 4.86. The molecule has 0 saturated carbocycles. The van der Waals surface area contributed by atoms with Crippen LogP contribution in [0.3, 0.4) is 0 Å². The van der Waals surface area contributed by atoms with Gasteiger partial charge in [-0.05, 0) is 55.0 Å². The summed E-state index contributed by atoms with van der Waals surface area (Å²) in [5.41, 5.74) is 2.13. The van der Waals surface area contributed by atoms with E-state index in [1.807, 2.05) is 0 Å². The predicted molar refractivity (Wildman–Crippen MR) is 139 cm³/mol. The van der Waals surface area contributed by atoms with Gasteiger partial charge in [-0.15, -0.1) is 0 Å². The normalized spacial score (nSPS) is 13.2. The number of carbonyl (C=O) groups is 3. The van der Waals surface area contributed by atoms with Crippen molar-refractivity contribution >= 4 is 58.0 Å². The lowest BCUT2D eigenvalue weighted by atomic mass is 10.1. The molecule has 0 spiro atoms. The molecule has 3 aromatic carbocycles. The summed E-state index contributed by atoms with van der Waals surface area (Å²) in [6.07, 6.45) is 0. The minimum Gasteiger partial charge on any atom is -0.497 e. The van der Waals surface area contributed by atoms with E-state index in [9.17, 15) is 14.4 Å². The van der Waals surface area contributed by atoms with Crippen molar-refractivity contribution in [3.8, 4) is 11.5 Å². The number of methoxy groups -OCH3 is 2. The van der Waals surface area contributed by atoms with Gasteiger partial charge in [-0.1, -0.05) is 35.3 Å². The summed E-state index contributed by atoms with van der Waals surface area (Å²) in [5, 5.41) is 5.91. The van der Waals surface area contributed by atoms with Crippen LogP contribution in [-0.4, -0.2) is 31.9 Å². The van der Waals surface area contributed by atoms with Gasteiger partial charge in [-0.3, -0.25) is 14.4 Å². The Hall–Kier alpha value is -4.01. The zero-order valence-electron chi connectivity index (χ0n) is 19.5. The van der Waals surface area contributed by atoms with Crippen molar-refractivity contribution in [3.63, 3.8) is 0 Å². The van der Waals surface area contributed by atoms with Crippen LogP contribution in [0, 0.1) is 6.92 Å². The van der Waals surface area contributed by atoms with Crippen molar-refractivity contribution in [2.75, 3.05) is 29.8 Å². The van der Waals surface area contributed by atoms with Gasteiger partial charge in [0.25, 0.3) is 17.7 Å². The molecule has 0 saturated heterocycles. The van der Waals surface area contributed by atoms with E-state index in [2.05, 4.69) is 10.6 Å². The minimum absolute atomic E-state index is 0.116. The summed E-state index contributed by atoms with van der Waals surface area (Å²) < 4.78 is 10.5.